The van der Waals surface area contributed by atoms with Crippen LogP contribution in [0, 0.1) is 5.92 Å². The molecular weight excluding hydrogens is 672 g/mol. The molecule has 0 saturated carbocycles. The van der Waals surface area contributed by atoms with E-state index >= 15 is 0 Å². The molecule has 2 atom stereocenters. The number of carbonyl (C=O) groups excluding carboxylic acids is 4. The molecule has 2 unspecified atom stereocenters. The van der Waals surface area contributed by atoms with Crippen molar-refractivity contribution < 1.29 is 42.9 Å². The maximum atomic E-state index is 12.8. The Balaban J connectivity index is 1.25. The van der Waals surface area contributed by atoms with Gasteiger partial charge in [0.2, 0.25) is 0 Å². The van der Waals surface area contributed by atoms with Crippen molar-refractivity contribution in [2.75, 3.05) is 13.2 Å². The molecule has 0 radical (unpaired) electrons. The van der Waals surface area contributed by atoms with Gasteiger partial charge in [-0.05, 0) is 103 Å². The first-order valence-corrected chi connectivity index (χ1v) is 17.5. The van der Waals surface area contributed by atoms with Gasteiger partial charge in [0.25, 0.3) is 0 Å². The molecule has 0 amide bonds. The van der Waals surface area contributed by atoms with Crippen molar-refractivity contribution in [3.05, 3.63) is 113 Å². The molecule has 0 fully saturated rings. The van der Waals surface area contributed by atoms with E-state index in [1.807, 2.05) is 44.2 Å². The van der Waals surface area contributed by atoms with Gasteiger partial charge < -0.3 is 23.7 Å². The predicted molar refractivity (Wildman–Crippen MR) is 195 cm³/mol. The molecule has 0 bridgehead atoms. The van der Waals surface area contributed by atoms with Crippen LogP contribution >= 0.6 is 11.6 Å². The summed E-state index contributed by atoms with van der Waals surface area (Å²) in [6.45, 7) is 8.44. The fraction of sp³-hybridized carbons (Fsp3) is 0.317. The van der Waals surface area contributed by atoms with Crippen molar-refractivity contribution in [2.24, 2.45) is 5.92 Å². The van der Waals surface area contributed by atoms with Gasteiger partial charge in [-0.1, -0.05) is 76.3 Å². The van der Waals surface area contributed by atoms with Gasteiger partial charge in [-0.25, -0.2) is 19.2 Å². The molecule has 0 aliphatic carbocycles. The van der Waals surface area contributed by atoms with Gasteiger partial charge in [0.15, 0.2) is 6.10 Å². The van der Waals surface area contributed by atoms with Crippen LogP contribution in [0.2, 0.25) is 5.02 Å². The largest absolute Gasteiger partial charge is 0.492 e. The van der Waals surface area contributed by atoms with Crippen molar-refractivity contribution in [3.8, 4) is 28.4 Å². The van der Waals surface area contributed by atoms with Crippen LogP contribution in [0.25, 0.3) is 11.1 Å². The number of benzene rings is 4. The summed E-state index contributed by atoms with van der Waals surface area (Å²) in [5.41, 5.74) is 2.52. The fourth-order valence-corrected chi connectivity index (χ4v) is 4.93. The number of carbonyl (C=O) groups is 4. The Bertz CT molecular complexity index is 1770. The van der Waals surface area contributed by atoms with Crippen molar-refractivity contribution in [2.45, 2.75) is 65.9 Å². The van der Waals surface area contributed by atoms with Crippen LogP contribution in [0.15, 0.2) is 91.0 Å². The third kappa shape index (κ3) is 11.7. The maximum Gasteiger partial charge on any atom is 0.347 e. The third-order valence-corrected chi connectivity index (χ3v) is 8.36. The number of unbranched alkanes of at least 4 members (excludes halogenated alkanes) is 3. The lowest BCUT2D eigenvalue weighted by Gasteiger charge is -2.15. The van der Waals surface area contributed by atoms with Crippen LogP contribution in [0.3, 0.4) is 0 Å². The fourth-order valence-electron chi connectivity index (χ4n) is 4.69. The zero-order valence-corrected chi connectivity index (χ0v) is 30.1. The summed E-state index contributed by atoms with van der Waals surface area (Å²) >= 11 is 6.46. The van der Waals surface area contributed by atoms with Crippen molar-refractivity contribution >= 4 is 35.5 Å². The summed E-state index contributed by atoms with van der Waals surface area (Å²) in [6.07, 6.45) is 4.26. The number of esters is 4. The van der Waals surface area contributed by atoms with Gasteiger partial charge >= 0.3 is 23.9 Å². The smallest absolute Gasteiger partial charge is 0.347 e. The zero-order valence-electron chi connectivity index (χ0n) is 29.3. The minimum absolute atomic E-state index is 0.175. The van der Waals surface area contributed by atoms with Crippen molar-refractivity contribution in [3.63, 3.8) is 0 Å². The summed E-state index contributed by atoms with van der Waals surface area (Å²) in [4.78, 5) is 50.1. The highest BCUT2D eigenvalue weighted by Crippen LogP contribution is 2.31. The van der Waals surface area contributed by atoms with Gasteiger partial charge in [-0.2, -0.15) is 0 Å². The van der Waals surface area contributed by atoms with Crippen LogP contribution in [0.4, 0.5) is 0 Å². The highest BCUT2D eigenvalue weighted by atomic mass is 35.5. The first kappa shape index (κ1) is 38.6. The van der Waals surface area contributed by atoms with Crippen molar-refractivity contribution in [1.29, 1.82) is 0 Å². The molecule has 0 N–H and O–H groups in total. The highest BCUT2D eigenvalue weighted by molar-refractivity contribution is 6.32. The molecule has 0 spiro atoms. The second-order valence-corrected chi connectivity index (χ2v) is 12.6. The Hall–Kier alpha value is -5.15. The maximum absolute atomic E-state index is 12.8. The van der Waals surface area contributed by atoms with E-state index in [2.05, 4.69) is 6.92 Å². The van der Waals surface area contributed by atoms with E-state index in [1.54, 1.807) is 12.1 Å². The van der Waals surface area contributed by atoms with E-state index in [0.717, 1.165) is 30.4 Å². The van der Waals surface area contributed by atoms with Gasteiger partial charge in [0.05, 0.1) is 34.9 Å². The monoisotopic (exact) mass is 714 g/mol. The number of rotatable bonds is 17. The number of hydrogen-bond donors (Lipinski definition) is 0. The number of halogens is 1. The van der Waals surface area contributed by atoms with Crippen LogP contribution in [0.5, 0.6) is 17.2 Å². The quantitative estimate of drug-likeness (QED) is 0.0599. The first-order chi connectivity index (χ1) is 24.6. The topological polar surface area (TPSA) is 114 Å². The van der Waals surface area contributed by atoms with E-state index in [4.69, 9.17) is 35.3 Å². The summed E-state index contributed by atoms with van der Waals surface area (Å²) < 4.78 is 27.1. The predicted octanol–water partition coefficient (Wildman–Crippen LogP) is 9.54. The molecule has 0 aliphatic rings. The molecule has 0 aromatic heterocycles. The van der Waals surface area contributed by atoms with Gasteiger partial charge in [-0.3, -0.25) is 0 Å². The van der Waals surface area contributed by atoms with E-state index < -0.39 is 30.0 Å². The second-order valence-electron chi connectivity index (χ2n) is 12.2. The highest BCUT2D eigenvalue weighted by Gasteiger charge is 2.21. The standard InChI is InChI=1S/C41H43ClO9/c1-5-7-8-9-24-47-37-23-18-33(25-36(37)42)29-10-12-30(13-11-29)40(45)50-35-21-16-32(17-22-35)41(46)51-34-19-14-31(15-20-34)39(44)49-28(4)38(43)48-26-27(3)6-2/h10-23,25,27-28H,5-9,24,26H2,1-4H3. The minimum atomic E-state index is -1.07. The van der Waals surface area contributed by atoms with Crippen LogP contribution < -0.4 is 14.2 Å². The molecule has 10 heteroatoms. The lowest BCUT2D eigenvalue weighted by molar-refractivity contribution is -0.154. The summed E-state index contributed by atoms with van der Waals surface area (Å²) in [5, 5.41) is 0.526. The molecule has 9 nitrogen and oxygen atoms in total. The Labute approximate surface area is 303 Å². The van der Waals surface area contributed by atoms with Gasteiger partial charge in [0, 0.05) is 0 Å². The molecular formula is C41H43ClO9. The second kappa shape index (κ2) is 19.3. The Morgan fingerprint density at radius 2 is 1.18 bits per heavy atom. The Morgan fingerprint density at radius 1 is 0.647 bits per heavy atom. The zero-order chi connectivity index (χ0) is 36.8. The molecule has 0 aliphatic heterocycles. The van der Waals surface area contributed by atoms with E-state index in [0.29, 0.717) is 22.9 Å². The molecule has 0 heterocycles. The molecule has 4 aromatic carbocycles. The number of hydrogen-bond acceptors (Lipinski definition) is 9. The summed E-state index contributed by atoms with van der Waals surface area (Å²) in [7, 11) is 0. The van der Waals surface area contributed by atoms with Crippen LogP contribution in [-0.4, -0.2) is 43.2 Å². The van der Waals surface area contributed by atoms with E-state index in [-0.39, 0.29) is 35.2 Å². The molecule has 4 rings (SSSR count). The first-order valence-electron chi connectivity index (χ1n) is 17.1. The molecule has 268 valence electrons. The molecule has 0 saturated heterocycles. The molecule has 4 aromatic rings. The molecule has 51 heavy (non-hydrogen) atoms. The summed E-state index contributed by atoms with van der Waals surface area (Å²) in [6, 6.07) is 24.3. The average molecular weight is 715 g/mol. The lowest BCUT2D eigenvalue weighted by Crippen LogP contribution is -2.27. The number of ether oxygens (including phenoxy) is 5. The van der Waals surface area contributed by atoms with Crippen molar-refractivity contribution in [1.82, 2.24) is 0 Å². The van der Waals surface area contributed by atoms with Crippen LogP contribution in [0.1, 0.15) is 90.9 Å². The average Bonchev–Trinajstić information content (AvgIpc) is 3.14. The normalized spacial score (nSPS) is 11.9. The van der Waals surface area contributed by atoms with Gasteiger partial charge in [0.1, 0.15) is 17.2 Å². The Morgan fingerprint density at radius 3 is 1.71 bits per heavy atom. The third-order valence-electron chi connectivity index (χ3n) is 8.07. The van der Waals surface area contributed by atoms with E-state index in [9.17, 15) is 19.2 Å². The SMILES string of the molecule is CCCCCCOc1ccc(-c2ccc(C(=O)Oc3ccc(C(=O)Oc4ccc(C(=O)OC(C)C(=O)OCC(C)CC)cc4)cc3)cc2)cc1Cl. The van der Waals surface area contributed by atoms with Crippen LogP contribution in [-0.2, 0) is 14.3 Å². The van der Waals surface area contributed by atoms with Gasteiger partial charge in [-0.15, -0.1) is 0 Å². The lowest BCUT2D eigenvalue weighted by atomic mass is 10.0. The minimum Gasteiger partial charge on any atom is -0.492 e. The van der Waals surface area contributed by atoms with E-state index in [1.165, 1.54) is 68.3 Å². The Kier molecular flexibility index (Phi) is 14.6. The summed E-state index contributed by atoms with van der Waals surface area (Å²) in [5.74, 6) is -1.24.